The highest BCUT2D eigenvalue weighted by molar-refractivity contribution is 7.90. The average Bonchev–Trinajstić information content (AvgIpc) is 2.97. The van der Waals surface area contributed by atoms with Crippen molar-refractivity contribution >= 4 is 27.2 Å². The summed E-state index contributed by atoms with van der Waals surface area (Å²) in [4.78, 5) is 17.4. The molecule has 2 saturated heterocycles. The number of nitrogens with zero attached hydrogens (tertiary/aromatic N) is 2. The topological polar surface area (TPSA) is 115 Å². The van der Waals surface area contributed by atoms with Gasteiger partial charge in [-0.1, -0.05) is 18.2 Å². The fraction of sp³-hybridized carbons (Fsp3) is 0.400. The summed E-state index contributed by atoms with van der Waals surface area (Å²) < 4.78 is 24.4. The predicted molar refractivity (Wildman–Crippen MR) is 114 cm³/mol. The van der Waals surface area contributed by atoms with E-state index in [1.807, 2.05) is 19.1 Å². The predicted octanol–water partition coefficient (Wildman–Crippen LogP) is 0.924. The van der Waals surface area contributed by atoms with Crippen molar-refractivity contribution in [2.45, 2.75) is 36.6 Å². The normalized spacial score (nSPS) is 26.4. The molecule has 2 aliphatic heterocycles. The molecule has 0 aliphatic carbocycles. The Balaban J connectivity index is 1.61. The third-order valence-corrected chi connectivity index (χ3v) is 6.63. The third kappa shape index (κ3) is 4.11. The molecule has 160 valence electrons. The zero-order valence-electron chi connectivity index (χ0n) is 17.1. The van der Waals surface area contributed by atoms with Crippen LogP contribution in [-0.2, 0) is 14.6 Å². The number of pyridine rings is 1. The van der Waals surface area contributed by atoms with E-state index in [2.05, 4.69) is 26.4 Å². The number of hydrazine groups is 1. The molecule has 30 heavy (non-hydrogen) atoms. The van der Waals surface area contributed by atoms with Gasteiger partial charge >= 0.3 is 0 Å². The lowest BCUT2D eigenvalue weighted by Crippen LogP contribution is -2.61. The largest absolute Gasteiger partial charge is 0.380 e. The number of piperidine rings is 1. The summed E-state index contributed by atoms with van der Waals surface area (Å²) in [6.45, 7) is 1.98. The van der Waals surface area contributed by atoms with E-state index in [0.717, 1.165) is 11.4 Å². The quantitative estimate of drug-likeness (QED) is 0.554. The maximum Gasteiger partial charge on any atom is 0.244 e. The molecule has 0 bridgehead atoms. The van der Waals surface area contributed by atoms with Gasteiger partial charge in [0.2, 0.25) is 5.91 Å². The summed E-state index contributed by atoms with van der Waals surface area (Å²) in [7, 11) is -1.72. The van der Waals surface area contributed by atoms with E-state index < -0.39 is 9.84 Å². The monoisotopic (exact) mass is 430 g/mol. The van der Waals surface area contributed by atoms with E-state index in [9.17, 15) is 13.2 Å². The van der Waals surface area contributed by atoms with Gasteiger partial charge in [-0.3, -0.25) is 15.1 Å². The lowest BCUT2D eigenvalue weighted by Gasteiger charge is -2.39. The van der Waals surface area contributed by atoms with Gasteiger partial charge in [-0.15, -0.1) is 0 Å². The summed E-state index contributed by atoms with van der Waals surface area (Å²) in [5.74, 6) is 0.296. The van der Waals surface area contributed by atoms with Gasteiger partial charge in [-0.2, -0.15) is 0 Å². The number of hydrogen-bond donors (Lipinski definition) is 4. The summed E-state index contributed by atoms with van der Waals surface area (Å²) in [6.07, 6.45) is 3.06. The number of para-hydroxylation sites is 1. The van der Waals surface area contributed by atoms with Gasteiger partial charge in [0.15, 0.2) is 9.84 Å². The van der Waals surface area contributed by atoms with Crippen molar-refractivity contribution in [2.24, 2.45) is 5.92 Å². The first-order chi connectivity index (χ1) is 14.2. The maximum absolute atomic E-state index is 12.8. The second kappa shape index (κ2) is 7.86. The number of sulfone groups is 1. The Kier molecular flexibility index (Phi) is 5.39. The van der Waals surface area contributed by atoms with Crippen LogP contribution in [0.25, 0.3) is 0 Å². The van der Waals surface area contributed by atoms with Crippen molar-refractivity contribution < 1.29 is 13.2 Å². The summed E-state index contributed by atoms with van der Waals surface area (Å²) in [5, 5.41) is 11.6. The first kappa shape index (κ1) is 20.6. The van der Waals surface area contributed by atoms with Gasteiger partial charge in [0, 0.05) is 32.0 Å². The van der Waals surface area contributed by atoms with E-state index in [0.29, 0.717) is 12.1 Å². The first-order valence-electron chi connectivity index (χ1n) is 9.77. The van der Waals surface area contributed by atoms with Crippen LogP contribution >= 0.6 is 0 Å². The van der Waals surface area contributed by atoms with Gasteiger partial charge in [0.25, 0.3) is 0 Å². The van der Waals surface area contributed by atoms with E-state index in [4.69, 9.17) is 0 Å². The SMILES string of the molecule is Cc1ccc(NC2CC(Nc3ccccc3S(C)(=O)=O)C3C(=O)N(C)NC3N2)nc1. The number of aromatic nitrogens is 1. The van der Waals surface area contributed by atoms with Gasteiger partial charge in [-0.25, -0.2) is 18.8 Å². The third-order valence-electron chi connectivity index (χ3n) is 5.47. The second-order valence-electron chi connectivity index (χ2n) is 7.87. The van der Waals surface area contributed by atoms with Crippen LogP contribution in [0.15, 0.2) is 47.5 Å². The lowest BCUT2D eigenvalue weighted by molar-refractivity contribution is -0.131. The van der Waals surface area contributed by atoms with Crippen molar-refractivity contribution in [1.82, 2.24) is 20.7 Å². The minimum absolute atomic E-state index is 0.0475. The molecule has 4 unspecified atom stereocenters. The van der Waals surface area contributed by atoms with Gasteiger partial charge in [0.05, 0.1) is 28.8 Å². The number of benzene rings is 1. The molecule has 2 fully saturated rings. The van der Waals surface area contributed by atoms with E-state index in [1.54, 1.807) is 37.5 Å². The molecule has 2 aliphatic rings. The zero-order chi connectivity index (χ0) is 21.5. The molecule has 4 rings (SSSR count). The molecule has 0 radical (unpaired) electrons. The molecule has 3 heterocycles. The van der Waals surface area contributed by atoms with Crippen LogP contribution in [-0.4, -0.2) is 56.0 Å². The summed E-state index contributed by atoms with van der Waals surface area (Å²) in [6, 6.07) is 10.4. The molecule has 0 saturated carbocycles. The van der Waals surface area contributed by atoms with E-state index in [-0.39, 0.29) is 35.1 Å². The Morgan fingerprint density at radius 2 is 1.93 bits per heavy atom. The van der Waals surface area contributed by atoms with Crippen LogP contribution in [0.5, 0.6) is 0 Å². The molecule has 1 aromatic carbocycles. The first-order valence-corrected chi connectivity index (χ1v) is 11.7. The molecule has 0 spiro atoms. The van der Waals surface area contributed by atoms with Crippen LogP contribution in [0, 0.1) is 12.8 Å². The standard InChI is InChI=1S/C20H26N6O3S/c1-12-8-9-16(21-11-12)23-17-10-14(18-19(24-17)25-26(2)20(18)27)22-13-6-4-5-7-15(13)30(3,28)29/h4-9,11,14,17-19,22,24-25H,10H2,1-3H3,(H,21,23). The Hall–Kier alpha value is -2.69. The summed E-state index contributed by atoms with van der Waals surface area (Å²) >= 11 is 0. The Bertz CT molecular complexity index is 1040. The highest BCUT2D eigenvalue weighted by atomic mass is 32.2. The molecule has 4 atom stereocenters. The van der Waals surface area contributed by atoms with Crippen LogP contribution in [0.4, 0.5) is 11.5 Å². The number of carbonyl (C=O) groups is 1. The highest BCUT2D eigenvalue weighted by Gasteiger charge is 2.48. The number of rotatable bonds is 5. The van der Waals surface area contributed by atoms with Crippen molar-refractivity contribution in [3.8, 4) is 0 Å². The minimum atomic E-state index is -3.41. The second-order valence-corrected chi connectivity index (χ2v) is 9.85. The Labute approximate surface area is 176 Å². The molecular formula is C20H26N6O3S. The fourth-order valence-electron chi connectivity index (χ4n) is 4.04. The zero-order valence-corrected chi connectivity index (χ0v) is 17.9. The number of aryl methyl sites for hydroxylation is 1. The van der Waals surface area contributed by atoms with E-state index in [1.165, 1.54) is 11.3 Å². The molecule has 1 amide bonds. The Morgan fingerprint density at radius 3 is 2.63 bits per heavy atom. The molecule has 4 N–H and O–H groups in total. The summed E-state index contributed by atoms with van der Waals surface area (Å²) in [5.41, 5.74) is 4.71. The van der Waals surface area contributed by atoms with Crippen molar-refractivity contribution in [3.05, 3.63) is 48.2 Å². The molecule has 10 heteroatoms. The fourth-order valence-corrected chi connectivity index (χ4v) is 4.89. The average molecular weight is 431 g/mol. The molecular weight excluding hydrogens is 404 g/mol. The van der Waals surface area contributed by atoms with Crippen molar-refractivity contribution in [1.29, 1.82) is 0 Å². The van der Waals surface area contributed by atoms with Crippen molar-refractivity contribution in [2.75, 3.05) is 23.9 Å². The minimum Gasteiger partial charge on any atom is -0.380 e. The van der Waals surface area contributed by atoms with E-state index >= 15 is 0 Å². The van der Waals surface area contributed by atoms with Crippen LogP contribution in [0.1, 0.15) is 12.0 Å². The highest BCUT2D eigenvalue weighted by Crippen LogP contribution is 2.31. The van der Waals surface area contributed by atoms with Crippen LogP contribution in [0.2, 0.25) is 0 Å². The maximum atomic E-state index is 12.8. The number of amides is 1. The molecule has 2 aromatic rings. The number of hydrogen-bond acceptors (Lipinski definition) is 8. The number of nitrogens with one attached hydrogen (secondary N) is 4. The van der Waals surface area contributed by atoms with Crippen LogP contribution < -0.4 is 21.4 Å². The number of carbonyl (C=O) groups excluding carboxylic acids is 1. The van der Waals surface area contributed by atoms with Gasteiger partial charge < -0.3 is 10.6 Å². The number of fused-ring (bicyclic) bond motifs is 1. The number of anilines is 2. The van der Waals surface area contributed by atoms with Gasteiger partial charge in [-0.05, 0) is 30.7 Å². The smallest absolute Gasteiger partial charge is 0.244 e. The molecule has 9 nitrogen and oxygen atoms in total. The molecule has 1 aromatic heterocycles. The van der Waals surface area contributed by atoms with Crippen molar-refractivity contribution in [3.63, 3.8) is 0 Å². The lowest BCUT2D eigenvalue weighted by atomic mass is 9.88. The Morgan fingerprint density at radius 1 is 1.17 bits per heavy atom. The van der Waals surface area contributed by atoms with Crippen LogP contribution in [0.3, 0.4) is 0 Å². The van der Waals surface area contributed by atoms with Gasteiger partial charge in [0.1, 0.15) is 5.82 Å².